The van der Waals surface area contributed by atoms with Gasteiger partial charge < -0.3 is 9.47 Å². The number of halogens is 2. The lowest BCUT2D eigenvalue weighted by molar-refractivity contribution is -0.213. The fourth-order valence-corrected chi connectivity index (χ4v) is 4.35. The summed E-state index contributed by atoms with van der Waals surface area (Å²) in [5.41, 5.74) is -0.220. The van der Waals surface area contributed by atoms with Crippen molar-refractivity contribution < 1.29 is 27.8 Å². The summed E-state index contributed by atoms with van der Waals surface area (Å²) < 4.78 is 35.8. The number of carbonyl (C=O) groups is 2. The van der Waals surface area contributed by atoms with Gasteiger partial charge in [-0.2, -0.15) is 8.78 Å². The molecule has 3 aliphatic carbocycles. The Morgan fingerprint density at radius 3 is 2.94 bits per heavy atom. The van der Waals surface area contributed by atoms with Crippen LogP contribution in [0.5, 0.6) is 0 Å². The third-order valence-corrected chi connectivity index (χ3v) is 5.12. The van der Waals surface area contributed by atoms with Gasteiger partial charge in [0.05, 0.1) is 5.92 Å². The van der Waals surface area contributed by atoms with Crippen LogP contribution in [0.4, 0.5) is 8.78 Å². The molecule has 0 N–H and O–H groups in total. The van der Waals surface area contributed by atoms with Crippen LogP contribution >= 0.6 is 0 Å². The Hall–Kier alpha value is -1.20. The number of carbonyl (C=O) groups excluding carboxylic acids is 2. The standard InChI is InChI=1S/C12H12F2O4/c1-11(13,14)10(16)18-8-7-6-5(9(15)17-7)2-4-3-12(4,6)8/h4-8H,2-3H2,1H3. The summed E-state index contributed by atoms with van der Waals surface area (Å²) in [6.45, 7) is 0.519. The average molecular weight is 258 g/mol. The first-order chi connectivity index (χ1) is 8.35. The van der Waals surface area contributed by atoms with Gasteiger partial charge in [-0.15, -0.1) is 0 Å². The van der Waals surface area contributed by atoms with E-state index in [2.05, 4.69) is 0 Å². The lowest BCUT2D eigenvalue weighted by atomic mass is 9.64. The smallest absolute Gasteiger partial charge is 0.377 e. The van der Waals surface area contributed by atoms with Gasteiger partial charge in [-0.25, -0.2) is 4.79 Å². The average Bonchev–Trinajstić information content (AvgIpc) is 2.81. The largest absolute Gasteiger partial charge is 0.458 e. The summed E-state index contributed by atoms with van der Waals surface area (Å²) in [4.78, 5) is 22.8. The quantitative estimate of drug-likeness (QED) is 0.697. The maximum Gasteiger partial charge on any atom is 0.377 e. The maximum absolute atomic E-state index is 12.9. The summed E-state index contributed by atoms with van der Waals surface area (Å²) in [6, 6.07) is 0. The van der Waals surface area contributed by atoms with E-state index in [0.29, 0.717) is 12.8 Å². The monoisotopic (exact) mass is 258 g/mol. The van der Waals surface area contributed by atoms with Crippen LogP contribution in [0.3, 0.4) is 0 Å². The number of esters is 2. The molecular formula is C12H12F2O4. The first-order valence-electron chi connectivity index (χ1n) is 6.15. The van der Waals surface area contributed by atoms with Crippen molar-refractivity contribution in [3.8, 4) is 0 Å². The van der Waals surface area contributed by atoms with E-state index in [-0.39, 0.29) is 23.2 Å². The van der Waals surface area contributed by atoms with Gasteiger partial charge in [0.15, 0.2) is 0 Å². The highest BCUT2D eigenvalue weighted by molar-refractivity contribution is 5.80. The molecule has 1 saturated heterocycles. The molecule has 4 nitrogen and oxygen atoms in total. The molecule has 6 heteroatoms. The molecule has 4 aliphatic rings. The highest BCUT2D eigenvalue weighted by Crippen LogP contribution is 2.80. The van der Waals surface area contributed by atoms with Crippen LogP contribution in [0, 0.1) is 23.2 Å². The summed E-state index contributed by atoms with van der Waals surface area (Å²) in [5.74, 6) is -4.91. The minimum absolute atomic E-state index is 0.0918. The molecule has 3 saturated carbocycles. The van der Waals surface area contributed by atoms with Crippen LogP contribution in [-0.2, 0) is 19.1 Å². The van der Waals surface area contributed by atoms with E-state index in [1.54, 1.807) is 0 Å². The van der Waals surface area contributed by atoms with Crippen molar-refractivity contribution in [2.75, 3.05) is 0 Å². The van der Waals surface area contributed by atoms with Gasteiger partial charge in [-0.3, -0.25) is 4.79 Å². The van der Waals surface area contributed by atoms with Crippen molar-refractivity contribution in [3.63, 3.8) is 0 Å². The fraction of sp³-hybridized carbons (Fsp3) is 0.833. The van der Waals surface area contributed by atoms with Crippen molar-refractivity contribution in [1.29, 1.82) is 0 Å². The first-order valence-corrected chi connectivity index (χ1v) is 6.15. The van der Waals surface area contributed by atoms with Gasteiger partial charge in [0.1, 0.15) is 12.2 Å². The van der Waals surface area contributed by atoms with Crippen LogP contribution in [0.1, 0.15) is 19.8 Å². The zero-order chi connectivity index (χ0) is 12.9. The normalized spacial score (nSPS) is 51.1. The number of hydrogen-bond donors (Lipinski definition) is 0. The van der Waals surface area contributed by atoms with Crippen LogP contribution in [0.15, 0.2) is 0 Å². The van der Waals surface area contributed by atoms with Crippen molar-refractivity contribution in [2.24, 2.45) is 23.2 Å². The van der Waals surface area contributed by atoms with Crippen molar-refractivity contribution in [2.45, 2.75) is 37.9 Å². The zero-order valence-corrected chi connectivity index (χ0v) is 9.69. The topological polar surface area (TPSA) is 52.6 Å². The zero-order valence-electron chi connectivity index (χ0n) is 9.69. The highest BCUT2D eigenvalue weighted by atomic mass is 19.3. The van der Waals surface area contributed by atoms with Gasteiger partial charge in [0, 0.05) is 18.3 Å². The van der Waals surface area contributed by atoms with Crippen molar-refractivity contribution in [3.05, 3.63) is 0 Å². The van der Waals surface area contributed by atoms with Crippen molar-refractivity contribution >= 4 is 11.9 Å². The molecule has 18 heavy (non-hydrogen) atoms. The van der Waals surface area contributed by atoms with Gasteiger partial charge in [0.25, 0.3) is 0 Å². The van der Waals surface area contributed by atoms with Crippen LogP contribution in [0.25, 0.3) is 0 Å². The van der Waals surface area contributed by atoms with Gasteiger partial charge >= 0.3 is 17.9 Å². The SMILES string of the molecule is CC(F)(F)C(=O)OC1C2OC(=O)C3CC4CC41C32. The fourth-order valence-electron chi connectivity index (χ4n) is 4.35. The first kappa shape index (κ1) is 10.7. The van der Waals surface area contributed by atoms with E-state index in [9.17, 15) is 18.4 Å². The molecule has 0 bridgehead atoms. The number of rotatable bonds is 2. The van der Waals surface area contributed by atoms with Gasteiger partial charge in [-0.05, 0) is 18.8 Å². The van der Waals surface area contributed by atoms with E-state index in [4.69, 9.17) is 9.47 Å². The van der Waals surface area contributed by atoms with E-state index < -0.39 is 24.1 Å². The molecule has 6 unspecified atom stereocenters. The molecule has 4 fully saturated rings. The second kappa shape index (κ2) is 2.70. The summed E-state index contributed by atoms with van der Waals surface area (Å²) in [5, 5.41) is 0. The molecule has 0 aromatic heterocycles. The Morgan fingerprint density at radius 1 is 1.56 bits per heavy atom. The second-order valence-corrected chi connectivity index (χ2v) is 6.00. The molecule has 1 heterocycles. The molecule has 0 aromatic carbocycles. The maximum atomic E-state index is 12.9. The summed E-state index contributed by atoms with van der Waals surface area (Å²) in [6.07, 6.45) is 0.494. The lowest BCUT2D eigenvalue weighted by Crippen LogP contribution is -2.58. The molecule has 98 valence electrons. The molecule has 1 spiro atoms. The van der Waals surface area contributed by atoms with Crippen LogP contribution < -0.4 is 0 Å². The van der Waals surface area contributed by atoms with E-state index in [0.717, 1.165) is 12.8 Å². The molecule has 0 amide bonds. The lowest BCUT2D eigenvalue weighted by Gasteiger charge is -2.46. The van der Waals surface area contributed by atoms with Crippen LogP contribution in [0.2, 0.25) is 0 Å². The Balaban J connectivity index is 1.58. The molecule has 1 aliphatic heterocycles. The molecular weight excluding hydrogens is 246 g/mol. The molecule has 0 aromatic rings. The summed E-state index contributed by atoms with van der Waals surface area (Å²) >= 11 is 0. The number of alkyl halides is 2. The predicted octanol–water partition coefficient (Wildman–Crippen LogP) is 1.13. The van der Waals surface area contributed by atoms with Crippen molar-refractivity contribution in [1.82, 2.24) is 0 Å². The molecule has 6 atom stereocenters. The predicted molar refractivity (Wildman–Crippen MR) is 52.5 cm³/mol. The Morgan fingerprint density at radius 2 is 2.28 bits per heavy atom. The minimum Gasteiger partial charge on any atom is -0.458 e. The molecule has 4 rings (SSSR count). The van der Waals surface area contributed by atoms with E-state index in [1.807, 2.05) is 0 Å². The van der Waals surface area contributed by atoms with E-state index in [1.165, 1.54) is 0 Å². The second-order valence-electron chi connectivity index (χ2n) is 6.00. The third-order valence-electron chi connectivity index (χ3n) is 5.12. The van der Waals surface area contributed by atoms with Crippen LogP contribution in [-0.4, -0.2) is 30.1 Å². The Kier molecular flexibility index (Phi) is 1.60. The number of ether oxygens (including phenoxy) is 2. The van der Waals surface area contributed by atoms with Gasteiger partial charge in [0.2, 0.25) is 0 Å². The Labute approximate surface area is 102 Å². The van der Waals surface area contributed by atoms with Gasteiger partial charge in [-0.1, -0.05) is 0 Å². The third kappa shape index (κ3) is 0.974. The number of hydrogen-bond acceptors (Lipinski definition) is 4. The minimum atomic E-state index is -3.49. The Bertz CT molecular complexity index is 471. The molecule has 0 radical (unpaired) electrons. The summed E-state index contributed by atoms with van der Waals surface area (Å²) in [7, 11) is 0. The van der Waals surface area contributed by atoms with E-state index >= 15 is 0 Å². The highest BCUT2D eigenvalue weighted by Gasteiger charge is 2.86.